The molecule has 3 rings (SSSR count). The van der Waals surface area contributed by atoms with Crippen molar-refractivity contribution in [3.8, 4) is 0 Å². The van der Waals surface area contributed by atoms with Gasteiger partial charge in [0.1, 0.15) is 0 Å². The Morgan fingerprint density at radius 3 is 2.88 bits per heavy atom. The molecule has 0 fully saturated rings. The number of fused-ring (bicyclic) bond motifs is 1. The van der Waals surface area contributed by atoms with Crippen molar-refractivity contribution in [2.24, 2.45) is 0 Å². The third-order valence-electron chi connectivity index (χ3n) is 3.69. The number of carbonyl (C=O) groups is 1. The van der Waals surface area contributed by atoms with Gasteiger partial charge in [0.15, 0.2) is 0 Å². The van der Waals surface area contributed by atoms with E-state index in [0.29, 0.717) is 16.7 Å². The summed E-state index contributed by atoms with van der Waals surface area (Å²) in [7, 11) is 1.57. The number of carbonyl (C=O) groups excluding carboxylic acids is 1. The molecule has 1 amide bonds. The van der Waals surface area contributed by atoms with Crippen LogP contribution in [-0.2, 0) is 4.79 Å². The normalized spacial score (nSPS) is 12.1. The second-order valence-electron chi connectivity index (χ2n) is 5.57. The molecule has 130 valence electrons. The molecular formula is C16H17ClN6O2. The van der Waals surface area contributed by atoms with E-state index in [2.05, 4.69) is 25.7 Å². The molecule has 9 heteroatoms. The van der Waals surface area contributed by atoms with E-state index < -0.39 is 0 Å². The summed E-state index contributed by atoms with van der Waals surface area (Å²) in [6.45, 7) is 1.73. The van der Waals surface area contributed by atoms with Gasteiger partial charge in [-0.3, -0.25) is 14.7 Å². The Bertz CT molecular complexity index is 980. The number of aryl methyl sites for hydroxylation is 1. The van der Waals surface area contributed by atoms with Crippen LogP contribution in [0.1, 0.15) is 23.7 Å². The first-order valence-electron chi connectivity index (χ1n) is 7.65. The lowest BCUT2D eigenvalue weighted by Gasteiger charge is -2.18. The summed E-state index contributed by atoms with van der Waals surface area (Å²) in [5, 5.41) is 9.16. The molecule has 3 aromatic rings. The number of aromatic amines is 1. The summed E-state index contributed by atoms with van der Waals surface area (Å²) < 4.78 is 1.24. The molecule has 1 atom stereocenters. The highest BCUT2D eigenvalue weighted by atomic mass is 35.5. The van der Waals surface area contributed by atoms with Gasteiger partial charge in [-0.15, -0.1) is 0 Å². The minimum Gasteiger partial charge on any atom is -0.359 e. The number of anilines is 1. The first-order chi connectivity index (χ1) is 12.0. The molecule has 2 heterocycles. The average Bonchev–Trinajstić information content (AvgIpc) is 2.97. The van der Waals surface area contributed by atoms with Crippen molar-refractivity contribution in [2.75, 3.05) is 12.4 Å². The Balaban J connectivity index is 1.96. The first kappa shape index (κ1) is 17.0. The minimum atomic E-state index is -0.379. The Kier molecular flexibility index (Phi) is 4.71. The van der Waals surface area contributed by atoms with Crippen molar-refractivity contribution in [1.82, 2.24) is 24.9 Å². The van der Waals surface area contributed by atoms with Crippen LogP contribution in [0.15, 0.2) is 35.1 Å². The van der Waals surface area contributed by atoms with Crippen LogP contribution >= 0.6 is 11.6 Å². The molecule has 0 saturated heterocycles. The number of nitrogens with one attached hydrogen (secondary N) is 3. The average molecular weight is 361 g/mol. The highest BCUT2D eigenvalue weighted by molar-refractivity contribution is 6.30. The van der Waals surface area contributed by atoms with Crippen molar-refractivity contribution in [3.63, 3.8) is 0 Å². The quantitative estimate of drug-likeness (QED) is 0.642. The van der Waals surface area contributed by atoms with E-state index in [-0.39, 0.29) is 29.7 Å². The summed E-state index contributed by atoms with van der Waals surface area (Å²) in [4.78, 5) is 32.3. The molecule has 0 radical (unpaired) electrons. The summed E-state index contributed by atoms with van der Waals surface area (Å²) >= 11 is 6.06. The topological polar surface area (TPSA) is 104 Å². The predicted molar refractivity (Wildman–Crippen MR) is 94.8 cm³/mol. The van der Waals surface area contributed by atoms with Crippen molar-refractivity contribution < 1.29 is 4.79 Å². The smallest absolute Gasteiger partial charge is 0.274 e. The lowest BCUT2D eigenvalue weighted by atomic mass is 10.0. The van der Waals surface area contributed by atoms with E-state index in [9.17, 15) is 9.59 Å². The number of hydrogen-bond donors (Lipinski definition) is 3. The third-order valence-corrected chi connectivity index (χ3v) is 3.92. The molecular weight excluding hydrogens is 344 g/mol. The van der Waals surface area contributed by atoms with E-state index in [0.717, 1.165) is 5.56 Å². The third kappa shape index (κ3) is 3.80. The Morgan fingerprint density at radius 2 is 2.16 bits per heavy atom. The number of benzene rings is 1. The number of amides is 1. The van der Waals surface area contributed by atoms with Gasteiger partial charge in [0, 0.05) is 23.8 Å². The molecule has 0 bridgehead atoms. The van der Waals surface area contributed by atoms with Crippen LogP contribution in [-0.4, -0.2) is 32.5 Å². The predicted octanol–water partition coefficient (Wildman–Crippen LogP) is 1.67. The zero-order valence-corrected chi connectivity index (χ0v) is 14.5. The monoisotopic (exact) mass is 360 g/mol. The molecule has 2 aromatic heterocycles. The Labute approximate surface area is 148 Å². The highest BCUT2D eigenvalue weighted by Gasteiger charge is 2.18. The van der Waals surface area contributed by atoms with Crippen LogP contribution in [0.2, 0.25) is 5.02 Å². The Morgan fingerprint density at radius 1 is 1.36 bits per heavy atom. The van der Waals surface area contributed by atoms with Gasteiger partial charge in [-0.2, -0.15) is 9.50 Å². The molecule has 25 heavy (non-hydrogen) atoms. The summed E-state index contributed by atoms with van der Waals surface area (Å²) in [5.41, 5.74) is 1.15. The number of nitrogens with zero attached hydrogens (tertiary/aromatic N) is 3. The highest BCUT2D eigenvalue weighted by Crippen LogP contribution is 2.23. The first-order valence-corrected chi connectivity index (χ1v) is 8.03. The van der Waals surface area contributed by atoms with Gasteiger partial charge in [0.2, 0.25) is 11.9 Å². The maximum Gasteiger partial charge on any atom is 0.274 e. The standard InChI is InChI=1S/C16H17ClN6O2/c1-9-6-14(25)23-16(19-9)21-15(22-23)20-12(8-13(24)18-2)10-4-3-5-11(17)7-10/h3-7,12H,8H2,1-2H3,(H,18,24)(H2,19,20,21,22). The number of rotatable bonds is 5. The number of hydrogen-bond acceptors (Lipinski definition) is 5. The second-order valence-corrected chi connectivity index (χ2v) is 6.01. The van der Waals surface area contributed by atoms with Crippen LogP contribution in [0.4, 0.5) is 5.95 Å². The lowest BCUT2D eigenvalue weighted by molar-refractivity contribution is -0.120. The fourth-order valence-electron chi connectivity index (χ4n) is 2.49. The zero-order valence-electron chi connectivity index (χ0n) is 13.7. The molecule has 0 saturated carbocycles. The van der Waals surface area contributed by atoms with Gasteiger partial charge < -0.3 is 10.6 Å². The van der Waals surface area contributed by atoms with Crippen LogP contribution < -0.4 is 16.2 Å². The summed E-state index contributed by atoms with van der Waals surface area (Å²) in [5.74, 6) is 0.459. The van der Waals surface area contributed by atoms with Crippen LogP contribution in [0, 0.1) is 6.92 Å². The van der Waals surface area contributed by atoms with Crippen LogP contribution in [0.25, 0.3) is 5.78 Å². The molecule has 0 aliphatic rings. The molecule has 0 aliphatic carbocycles. The molecule has 1 aromatic carbocycles. The number of halogens is 1. The lowest BCUT2D eigenvalue weighted by Crippen LogP contribution is -2.24. The molecule has 0 aliphatic heterocycles. The van der Waals surface area contributed by atoms with Crippen molar-refractivity contribution in [3.05, 3.63) is 57.0 Å². The summed E-state index contributed by atoms with van der Waals surface area (Å²) in [6, 6.07) is 8.24. The second kappa shape index (κ2) is 6.94. The molecule has 3 N–H and O–H groups in total. The number of aromatic nitrogens is 4. The van der Waals surface area contributed by atoms with Gasteiger partial charge in [-0.25, -0.2) is 4.98 Å². The Hall–Kier alpha value is -2.87. The van der Waals surface area contributed by atoms with E-state index >= 15 is 0 Å². The van der Waals surface area contributed by atoms with Gasteiger partial charge in [0.25, 0.3) is 11.3 Å². The van der Waals surface area contributed by atoms with Gasteiger partial charge >= 0.3 is 0 Å². The van der Waals surface area contributed by atoms with Crippen LogP contribution in [0.3, 0.4) is 0 Å². The number of H-pyrrole nitrogens is 1. The van der Waals surface area contributed by atoms with Crippen molar-refractivity contribution >= 4 is 29.2 Å². The van der Waals surface area contributed by atoms with Crippen LogP contribution in [0.5, 0.6) is 0 Å². The van der Waals surface area contributed by atoms with Gasteiger partial charge in [0.05, 0.1) is 12.5 Å². The largest absolute Gasteiger partial charge is 0.359 e. The maximum atomic E-state index is 12.0. The fraction of sp³-hybridized carbons (Fsp3) is 0.250. The minimum absolute atomic E-state index is 0.139. The SMILES string of the molecule is CNC(=O)CC(Nc1nc2nc(C)cc(=O)n2[nH]1)c1cccc(Cl)c1. The van der Waals surface area contributed by atoms with Gasteiger partial charge in [-0.05, 0) is 24.6 Å². The van der Waals surface area contributed by atoms with E-state index in [1.54, 1.807) is 26.1 Å². The molecule has 0 spiro atoms. The zero-order chi connectivity index (χ0) is 18.0. The van der Waals surface area contributed by atoms with E-state index in [1.165, 1.54) is 10.6 Å². The van der Waals surface area contributed by atoms with Crippen molar-refractivity contribution in [2.45, 2.75) is 19.4 Å². The van der Waals surface area contributed by atoms with Crippen molar-refractivity contribution in [1.29, 1.82) is 0 Å². The fourth-order valence-corrected chi connectivity index (χ4v) is 2.68. The van der Waals surface area contributed by atoms with E-state index in [4.69, 9.17) is 11.6 Å². The van der Waals surface area contributed by atoms with Gasteiger partial charge in [-0.1, -0.05) is 23.7 Å². The van der Waals surface area contributed by atoms with E-state index in [1.807, 2.05) is 12.1 Å². The summed E-state index contributed by atoms with van der Waals surface area (Å²) in [6.07, 6.45) is 0.176. The molecule has 1 unspecified atom stereocenters. The maximum absolute atomic E-state index is 12.0. The molecule has 8 nitrogen and oxygen atoms in total.